The Bertz CT molecular complexity index is 1080. The van der Waals surface area contributed by atoms with Crippen molar-refractivity contribution in [2.75, 3.05) is 38.4 Å². The number of carbonyl (C=O) groups excluding carboxylic acids is 2. The Kier molecular flexibility index (Phi) is 8.16. The molecule has 1 N–H and O–H groups in total. The summed E-state index contributed by atoms with van der Waals surface area (Å²) in [5.41, 5.74) is 0.566. The molecule has 2 aromatic rings. The van der Waals surface area contributed by atoms with E-state index in [1.54, 1.807) is 18.2 Å². The number of thioether (sulfide) groups is 1. The predicted octanol–water partition coefficient (Wildman–Crippen LogP) is 3.39. The first kappa shape index (κ1) is 24.1. The van der Waals surface area contributed by atoms with Crippen LogP contribution in [0.2, 0.25) is 0 Å². The van der Waals surface area contributed by atoms with E-state index in [4.69, 9.17) is 9.47 Å². The van der Waals surface area contributed by atoms with Crippen LogP contribution in [0.25, 0.3) is 0 Å². The average Bonchev–Trinajstić information content (AvgIpc) is 2.83. The van der Waals surface area contributed by atoms with E-state index in [0.717, 1.165) is 24.2 Å². The van der Waals surface area contributed by atoms with Crippen LogP contribution in [0.3, 0.4) is 0 Å². The van der Waals surface area contributed by atoms with Crippen LogP contribution in [0.4, 0.5) is 5.69 Å². The van der Waals surface area contributed by atoms with Crippen molar-refractivity contribution in [2.45, 2.75) is 29.1 Å². The van der Waals surface area contributed by atoms with E-state index in [0.29, 0.717) is 24.4 Å². The van der Waals surface area contributed by atoms with Crippen LogP contribution >= 0.6 is 11.8 Å². The van der Waals surface area contributed by atoms with Gasteiger partial charge in [0, 0.05) is 18.0 Å². The van der Waals surface area contributed by atoms with E-state index in [1.165, 1.54) is 41.4 Å². The summed E-state index contributed by atoms with van der Waals surface area (Å²) in [5.74, 6) is -0.917. The highest BCUT2D eigenvalue weighted by Crippen LogP contribution is 2.30. The number of rotatable bonds is 8. The molecule has 0 unspecified atom stereocenters. The zero-order chi connectivity index (χ0) is 23.1. The van der Waals surface area contributed by atoms with Crippen molar-refractivity contribution in [2.24, 2.45) is 0 Å². The van der Waals surface area contributed by atoms with Crippen molar-refractivity contribution in [1.29, 1.82) is 0 Å². The number of piperidine rings is 1. The Hall–Kier alpha value is -2.56. The van der Waals surface area contributed by atoms with Crippen LogP contribution in [-0.2, 0) is 19.6 Å². The molecule has 1 fully saturated rings. The van der Waals surface area contributed by atoms with Gasteiger partial charge in [0.25, 0.3) is 5.91 Å². The molecule has 0 aliphatic carbocycles. The van der Waals surface area contributed by atoms with Crippen LogP contribution in [0.1, 0.15) is 29.6 Å². The lowest BCUT2D eigenvalue weighted by Crippen LogP contribution is -2.35. The monoisotopic (exact) mass is 478 g/mol. The Morgan fingerprint density at radius 2 is 1.81 bits per heavy atom. The topological polar surface area (TPSA) is 102 Å². The lowest BCUT2D eigenvalue weighted by Gasteiger charge is -2.26. The second-order valence-corrected chi connectivity index (χ2v) is 9.94. The summed E-state index contributed by atoms with van der Waals surface area (Å²) in [6.45, 7) is 0.431. The quantitative estimate of drug-likeness (QED) is 0.458. The zero-order valence-corrected chi connectivity index (χ0v) is 19.6. The smallest absolute Gasteiger partial charge is 0.339 e. The molecule has 1 saturated heterocycles. The normalized spacial score (nSPS) is 14.6. The molecule has 2 aromatic carbocycles. The highest BCUT2D eigenvalue weighted by molar-refractivity contribution is 7.98. The first-order chi connectivity index (χ1) is 15.4. The van der Waals surface area contributed by atoms with Crippen LogP contribution in [-0.4, -0.2) is 57.7 Å². The molecule has 1 aliphatic rings. The molecule has 172 valence electrons. The number of ether oxygens (including phenoxy) is 2. The Labute approximate surface area is 192 Å². The fourth-order valence-corrected chi connectivity index (χ4v) is 5.54. The fraction of sp³-hybridized carbons (Fsp3) is 0.364. The van der Waals surface area contributed by atoms with Gasteiger partial charge in [-0.15, -0.1) is 11.8 Å². The minimum atomic E-state index is -3.68. The van der Waals surface area contributed by atoms with Crippen molar-refractivity contribution in [3.05, 3.63) is 48.0 Å². The maximum atomic E-state index is 13.0. The van der Waals surface area contributed by atoms with Crippen molar-refractivity contribution >= 4 is 39.3 Å². The summed E-state index contributed by atoms with van der Waals surface area (Å²) in [6.07, 6.45) is 4.50. The molecular formula is C22H26N2O6S2. The molecule has 0 radical (unpaired) electrons. The molecule has 0 spiro atoms. The number of methoxy groups -OCH3 is 1. The van der Waals surface area contributed by atoms with Crippen molar-refractivity contribution in [3.63, 3.8) is 0 Å². The molecule has 0 aromatic heterocycles. The molecule has 0 atom stereocenters. The van der Waals surface area contributed by atoms with Gasteiger partial charge in [0.1, 0.15) is 5.75 Å². The predicted molar refractivity (Wildman–Crippen MR) is 123 cm³/mol. The maximum absolute atomic E-state index is 13.0. The number of esters is 1. The third-order valence-corrected chi connectivity index (χ3v) is 7.75. The molecule has 0 saturated carbocycles. The van der Waals surface area contributed by atoms with Gasteiger partial charge in [-0.25, -0.2) is 13.2 Å². The first-order valence-electron chi connectivity index (χ1n) is 10.1. The van der Waals surface area contributed by atoms with Crippen LogP contribution in [0.5, 0.6) is 5.75 Å². The number of anilines is 1. The molecular weight excluding hydrogens is 452 g/mol. The average molecular weight is 479 g/mol. The van der Waals surface area contributed by atoms with E-state index in [1.807, 2.05) is 12.3 Å². The second kappa shape index (κ2) is 10.8. The summed E-state index contributed by atoms with van der Waals surface area (Å²) in [7, 11) is -2.26. The van der Waals surface area contributed by atoms with Gasteiger partial charge in [-0.2, -0.15) is 4.31 Å². The van der Waals surface area contributed by atoms with Crippen molar-refractivity contribution in [3.8, 4) is 5.75 Å². The molecule has 32 heavy (non-hydrogen) atoms. The molecule has 10 heteroatoms. The first-order valence-corrected chi connectivity index (χ1v) is 12.8. The number of sulfonamides is 1. The number of nitrogens with one attached hydrogen (secondary N) is 1. The largest absolute Gasteiger partial charge is 0.495 e. The summed E-state index contributed by atoms with van der Waals surface area (Å²) in [5, 5.41) is 2.58. The van der Waals surface area contributed by atoms with Crippen molar-refractivity contribution < 1.29 is 27.5 Å². The summed E-state index contributed by atoms with van der Waals surface area (Å²) in [6, 6.07) is 11.3. The highest BCUT2D eigenvalue weighted by Gasteiger charge is 2.27. The van der Waals surface area contributed by atoms with Gasteiger partial charge in [-0.05, 0) is 49.4 Å². The van der Waals surface area contributed by atoms with E-state index < -0.39 is 28.5 Å². The zero-order valence-electron chi connectivity index (χ0n) is 18.0. The molecule has 1 heterocycles. The van der Waals surface area contributed by atoms with Gasteiger partial charge in [-0.1, -0.05) is 18.6 Å². The second-order valence-electron chi connectivity index (χ2n) is 7.15. The minimum absolute atomic E-state index is 0.0707. The Morgan fingerprint density at radius 1 is 1.09 bits per heavy atom. The molecule has 1 amide bonds. The van der Waals surface area contributed by atoms with Crippen LogP contribution in [0.15, 0.2) is 52.3 Å². The van der Waals surface area contributed by atoms with E-state index in [-0.39, 0.29) is 10.6 Å². The van der Waals surface area contributed by atoms with Crippen molar-refractivity contribution in [1.82, 2.24) is 4.31 Å². The van der Waals surface area contributed by atoms with Gasteiger partial charge in [-0.3, -0.25) is 4.79 Å². The Balaban J connectivity index is 1.71. The Morgan fingerprint density at radius 3 is 2.50 bits per heavy atom. The van der Waals surface area contributed by atoms with Gasteiger partial charge < -0.3 is 14.8 Å². The fourth-order valence-electron chi connectivity index (χ4n) is 3.41. The minimum Gasteiger partial charge on any atom is -0.495 e. The molecule has 0 bridgehead atoms. The number of hydrogen-bond donors (Lipinski definition) is 1. The highest BCUT2D eigenvalue weighted by atomic mass is 32.2. The SMILES string of the molecule is COc1ccc(S(=O)(=O)N2CCCCC2)cc1NC(=O)COC(=O)c1ccccc1SC. The number of benzene rings is 2. The van der Waals surface area contributed by atoms with Gasteiger partial charge in [0.15, 0.2) is 6.61 Å². The summed E-state index contributed by atoms with van der Waals surface area (Å²) >= 11 is 1.40. The third-order valence-electron chi connectivity index (χ3n) is 5.06. The lowest BCUT2D eigenvalue weighted by atomic mass is 10.2. The summed E-state index contributed by atoms with van der Waals surface area (Å²) in [4.78, 5) is 25.6. The molecule has 8 nitrogen and oxygen atoms in total. The van der Waals surface area contributed by atoms with E-state index in [2.05, 4.69) is 5.32 Å². The van der Waals surface area contributed by atoms with Gasteiger partial charge >= 0.3 is 5.97 Å². The number of hydrogen-bond acceptors (Lipinski definition) is 7. The van der Waals surface area contributed by atoms with Crippen LogP contribution < -0.4 is 10.1 Å². The third kappa shape index (κ3) is 5.62. The van der Waals surface area contributed by atoms with Gasteiger partial charge in [0.2, 0.25) is 10.0 Å². The molecule has 3 rings (SSSR count). The summed E-state index contributed by atoms with van der Waals surface area (Å²) < 4.78 is 37.8. The standard InChI is InChI=1S/C22H26N2O6S2/c1-29-19-11-10-16(32(27,28)24-12-6-3-7-13-24)14-18(19)23-21(25)15-30-22(26)17-8-4-5-9-20(17)31-2/h4-5,8-11,14H,3,6-7,12-13,15H2,1-2H3,(H,23,25). The number of amides is 1. The number of nitrogens with zero attached hydrogens (tertiary/aromatic N) is 1. The lowest BCUT2D eigenvalue weighted by molar-refractivity contribution is -0.119. The van der Waals surface area contributed by atoms with E-state index >= 15 is 0 Å². The van der Waals surface area contributed by atoms with E-state index in [9.17, 15) is 18.0 Å². The van der Waals surface area contributed by atoms with Gasteiger partial charge in [0.05, 0.1) is 23.3 Å². The maximum Gasteiger partial charge on any atom is 0.339 e. The number of carbonyl (C=O) groups is 2. The molecule has 1 aliphatic heterocycles. The van der Waals surface area contributed by atoms with Crippen LogP contribution in [0, 0.1) is 0 Å².